The fourth-order valence-electron chi connectivity index (χ4n) is 2.83. The zero-order valence-electron chi connectivity index (χ0n) is 14.7. The van der Waals surface area contributed by atoms with E-state index in [1.807, 2.05) is 30.3 Å². The van der Waals surface area contributed by atoms with Gasteiger partial charge in [-0.1, -0.05) is 47.6 Å². The second-order valence-electron chi connectivity index (χ2n) is 6.25. The minimum atomic E-state index is -4.37. The zero-order chi connectivity index (χ0) is 19.7. The monoisotopic (exact) mass is 381 g/mol. The normalized spacial score (nSPS) is 11.6. The highest BCUT2D eigenvalue weighted by atomic mass is 19.4. The Bertz CT molecular complexity index is 1100. The molecule has 0 fully saturated rings. The number of aromatic nitrogens is 3. The molecule has 140 valence electrons. The van der Waals surface area contributed by atoms with Crippen LogP contribution in [0.1, 0.15) is 11.3 Å². The van der Waals surface area contributed by atoms with Crippen molar-refractivity contribution in [3.63, 3.8) is 0 Å². The summed E-state index contributed by atoms with van der Waals surface area (Å²) in [6.07, 6.45) is -4.37. The molecule has 0 bridgehead atoms. The number of pyridine rings is 1. The van der Waals surface area contributed by atoms with Crippen molar-refractivity contribution in [1.29, 1.82) is 0 Å². The van der Waals surface area contributed by atoms with Crippen molar-refractivity contribution in [1.82, 2.24) is 15.1 Å². The summed E-state index contributed by atoms with van der Waals surface area (Å²) in [4.78, 5) is 8.80. The largest absolute Gasteiger partial charge is 0.416 e. The Hall–Kier alpha value is -3.48. The van der Waals surface area contributed by atoms with Gasteiger partial charge in [0.15, 0.2) is 0 Å². The van der Waals surface area contributed by atoms with Gasteiger partial charge in [0.25, 0.3) is 5.89 Å². The molecule has 0 aliphatic rings. The number of alkyl halides is 3. The van der Waals surface area contributed by atoms with E-state index in [1.54, 1.807) is 19.1 Å². The summed E-state index contributed by atoms with van der Waals surface area (Å²) in [5.74, 6) is 0.686. The highest BCUT2D eigenvalue weighted by molar-refractivity contribution is 5.69. The van der Waals surface area contributed by atoms with Crippen LogP contribution in [-0.4, -0.2) is 15.1 Å². The van der Waals surface area contributed by atoms with Crippen LogP contribution in [0.3, 0.4) is 0 Å². The lowest BCUT2D eigenvalue weighted by Gasteiger charge is -2.09. The van der Waals surface area contributed by atoms with Crippen molar-refractivity contribution in [2.24, 2.45) is 0 Å². The molecule has 0 amide bonds. The molecule has 0 spiro atoms. The average molecular weight is 381 g/mol. The highest BCUT2D eigenvalue weighted by Gasteiger charge is 2.30. The maximum Gasteiger partial charge on any atom is 0.416 e. The van der Waals surface area contributed by atoms with Crippen LogP contribution in [-0.2, 0) is 6.18 Å². The molecule has 4 rings (SSSR count). The third-order valence-corrected chi connectivity index (χ3v) is 4.18. The lowest BCUT2D eigenvalue weighted by atomic mass is 10.0. The van der Waals surface area contributed by atoms with Gasteiger partial charge in [-0.2, -0.15) is 18.2 Å². The molecule has 2 aromatic heterocycles. The molecular formula is C21H14F3N3O. The maximum absolute atomic E-state index is 12.8. The maximum atomic E-state index is 12.8. The molecular weight excluding hydrogens is 367 g/mol. The van der Waals surface area contributed by atoms with E-state index < -0.39 is 11.7 Å². The molecule has 7 heteroatoms. The van der Waals surface area contributed by atoms with E-state index >= 15 is 0 Å². The minimum absolute atomic E-state index is 0.246. The summed E-state index contributed by atoms with van der Waals surface area (Å²) in [5, 5.41) is 3.98. The van der Waals surface area contributed by atoms with Crippen LogP contribution >= 0.6 is 0 Å². The van der Waals surface area contributed by atoms with Crippen molar-refractivity contribution in [3.8, 4) is 34.1 Å². The zero-order valence-corrected chi connectivity index (χ0v) is 14.7. The van der Waals surface area contributed by atoms with Crippen molar-refractivity contribution in [2.75, 3.05) is 0 Å². The first-order chi connectivity index (χ1) is 13.4. The van der Waals surface area contributed by atoms with Crippen molar-refractivity contribution in [3.05, 3.63) is 78.0 Å². The molecule has 4 aromatic rings. The Balaban J connectivity index is 1.69. The van der Waals surface area contributed by atoms with Crippen LogP contribution in [0.5, 0.6) is 0 Å². The number of aryl methyl sites for hydroxylation is 1. The van der Waals surface area contributed by atoms with Crippen molar-refractivity contribution in [2.45, 2.75) is 13.1 Å². The van der Waals surface area contributed by atoms with Crippen molar-refractivity contribution < 1.29 is 17.7 Å². The first-order valence-corrected chi connectivity index (χ1v) is 8.46. The summed E-state index contributed by atoms with van der Waals surface area (Å²) in [5.41, 5.74) is 2.63. The molecule has 2 aromatic carbocycles. The number of nitrogens with zero attached hydrogens (tertiary/aromatic N) is 3. The fraction of sp³-hybridized carbons (Fsp3) is 0.0952. The van der Waals surface area contributed by atoms with E-state index in [4.69, 9.17) is 4.52 Å². The predicted octanol–water partition coefficient (Wildman–Crippen LogP) is 5.79. The lowest BCUT2D eigenvalue weighted by molar-refractivity contribution is -0.137. The van der Waals surface area contributed by atoms with Gasteiger partial charge in [-0.3, -0.25) is 0 Å². The Kier molecular flexibility index (Phi) is 4.43. The molecule has 0 saturated heterocycles. The fourth-order valence-corrected chi connectivity index (χ4v) is 2.83. The number of hydrogen-bond donors (Lipinski definition) is 0. The van der Waals surface area contributed by atoms with Gasteiger partial charge in [-0.25, -0.2) is 4.98 Å². The van der Waals surface area contributed by atoms with Gasteiger partial charge in [0.1, 0.15) is 5.69 Å². The van der Waals surface area contributed by atoms with Gasteiger partial charge in [-0.05, 0) is 42.3 Å². The van der Waals surface area contributed by atoms with Gasteiger partial charge in [0.2, 0.25) is 5.82 Å². The van der Waals surface area contributed by atoms with Crippen LogP contribution in [0.2, 0.25) is 0 Å². The Morgan fingerprint density at radius 2 is 1.50 bits per heavy atom. The SMILES string of the molecule is Cc1cc(-c2ccc(C(F)(F)F)cc2)cc(-c2nc(-c3ccccc3)no2)n1. The van der Waals surface area contributed by atoms with E-state index in [1.165, 1.54) is 12.1 Å². The first-order valence-electron chi connectivity index (χ1n) is 8.46. The number of benzene rings is 2. The number of halogens is 3. The highest BCUT2D eigenvalue weighted by Crippen LogP contribution is 2.32. The van der Waals surface area contributed by atoms with E-state index in [9.17, 15) is 13.2 Å². The number of hydrogen-bond acceptors (Lipinski definition) is 4. The van der Waals surface area contributed by atoms with Gasteiger partial charge < -0.3 is 4.52 Å². The molecule has 4 nitrogen and oxygen atoms in total. The second kappa shape index (κ2) is 6.92. The topological polar surface area (TPSA) is 51.8 Å². The van der Waals surface area contributed by atoms with E-state index in [2.05, 4.69) is 15.1 Å². The standard InChI is InChI=1S/C21H14F3N3O/c1-13-11-16(14-7-9-17(10-8-14)21(22,23)24)12-18(25-13)20-26-19(27-28-20)15-5-3-2-4-6-15/h2-12H,1H3. The van der Waals surface area contributed by atoms with E-state index in [0.717, 1.165) is 23.3 Å². The molecule has 0 aliphatic heterocycles. The first kappa shape index (κ1) is 17.9. The Morgan fingerprint density at radius 1 is 0.786 bits per heavy atom. The van der Waals surface area contributed by atoms with Crippen LogP contribution in [0.4, 0.5) is 13.2 Å². The molecule has 28 heavy (non-hydrogen) atoms. The van der Waals surface area contributed by atoms with E-state index in [0.29, 0.717) is 22.8 Å². The van der Waals surface area contributed by atoms with Gasteiger partial charge in [-0.15, -0.1) is 0 Å². The van der Waals surface area contributed by atoms with Gasteiger partial charge in [0.05, 0.1) is 5.56 Å². The number of rotatable bonds is 3. The molecule has 0 N–H and O–H groups in total. The average Bonchev–Trinajstić information content (AvgIpc) is 3.18. The summed E-state index contributed by atoms with van der Waals surface area (Å²) in [7, 11) is 0. The lowest BCUT2D eigenvalue weighted by Crippen LogP contribution is -2.04. The molecule has 0 atom stereocenters. The third kappa shape index (κ3) is 3.64. The second-order valence-corrected chi connectivity index (χ2v) is 6.25. The summed E-state index contributed by atoms with van der Waals surface area (Å²) in [6.45, 7) is 1.80. The molecule has 0 radical (unpaired) electrons. The summed E-state index contributed by atoms with van der Waals surface area (Å²) in [6, 6.07) is 17.9. The van der Waals surface area contributed by atoms with Crippen LogP contribution in [0, 0.1) is 6.92 Å². The summed E-state index contributed by atoms with van der Waals surface area (Å²) >= 11 is 0. The molecule has 2 heterocycles. The van der Waals surface area contributed by atoms with Gasteiger partial charge >= 0.3 is 6.18 Å². The van der Waals surface area contributed by atoms with Crippen LogP contribution in [0.15, 0.2) is 71.3 Å². The van der Waals surface area contributed by atoms with E-state index in [-0.39, 0.29) is 5.89 Å². The Morgan fingerprint density at radius 3 is 2.18 bits per heavy atom. The molecule has 0 aliphatic carbocycles. The van der Waals surface area contributed by atoms with Crippen LogP contribution < -0.4 is 0 Å². The predicted molar refractivity (Wildman–Crippen MR) is 98.1 cm³/mol. The van der Waals surface area contributed by atoms with Crippen molar-refractivity contribution >= 4 is 0 Å². The smallest absolute Gasteiger partial charge is 0.332 e. The third-order valence-electron chi connectivity index (χ3n) is 4.18. The Labute approximate surface area is 158 Å². The minimum Gasteiger partial charge on any atom is -0.332 e. The quantitative estimate of drug-likeness (QED) is 0.450. The molecule has 0 unspecified atom stereocenters. The van der Waals surface area contributed by atoms with Crippen LogP contribution in [0.25, 0.3) is 34.1 Å². The van der Waals surface area contributed by atoms with Gasteiger partial charge in [0, 0.05) is 11.3 Å². The summed E-state index contributed by atoms with van der Waals surface area (Å²) < 4.78 is 43.7. The molecule has 0 saturated carbocycles.